The molecule has 3 nitrogen and oxygen atoms in total. The van der Waals surface area contributed by atoms with E-state index >= 15 is 0 Å². The molecule has 4 N–H and O–H groups in total. The smallest absolute Gasteiger partial charge is 0.185 e. The second kappa shape index (κ2) is 4.90. The molecule has 0 aliphatic heterocycles. The number of hydrogen-bond acceptors (Lipinski definition) is 2. The van der Waals surface area contributed by atoms with Gasteiger partial charge in [0.15, 0.2) is 5.11 Å². The summed E-state index contributed by atoms with van der Waals surface area (Å²) in [4.78, 5) is 0. The van der Waals surface area contributed by atoms with Crippen LogP contribution in [0.2, 0.25) is 0 Å². The van der Waals surface area contributed by atoms with Crippen molar-refractivity contribution in [2.24, 2.45) is 5.84 Å². The Labute approximate surface area is 98.3 Å². The molecule has 1 aromatic rings. The lowest BCUT2D eigenvalue weighted by Crippen LogP contribution is -2.34. The monoisotopic (exact) mass is 323 g/mol. The summed E-state index contributed by atoms with van der Waals surface area (Å²) < 4.78 is 1.95. The summed E-state index contributed by atoms with van der Waals surface area (Å²) in [5.74, 6) is 5.11. The van der Waals surface area contributed by atoms with Crippen molar-refractivity contribution in [1.82, 2.24) is 5.43 Å². The first-order valence-electron chi connectivity index (χ1n) is 3.36. The summed E-state index contributed by atoms with van der Waals surface area (Å²) in [6.07, 6.45) is 0. The third kappa shape index (κ3) is 3.22. The van der Waals surface area contributed by atoms with Crippen LogP contribution < -0.4 is 16.6 Å². The molecule has 1 aromatic carbocycles. The van der Waals surface area contributed by atoms with E-state index in [1.54, 1.807) is 0 Å². The molecule has 0 aliphatic carbocycles. The normalized spacial score (nSPS) is 9.46. The number of halogens is 2. The Morgan fingerprint density at radius 3 is 2.54 bits per heavy atom. The highest BCUT2D eigenvalue weighted by Gasteiger charge is 1.99. The SMILES string of the molecule is NNC(=S)Nc1ccc(Br)c(Br)c1. The lowest BCUT2D eigenvalue weighted by molar-refractivity contribution is 1.04. The van der Waals surface area contributed by atoms with Crippen LogP contribution in [0.1, 0.15) is 0 Å². The van der Waals surface area contributed by atoms with E-state index < -0.39 is 0 Å². The van der Waals surface area contributed by atoms with Gasteiger partial charge in [-0.1, -0.05) is 0 Å². The molecular formula is C7H7Br2N3S. The topological polar surface area (TPSA) is 50.1 Å². The van der Waals surface area contributed by atoms with Crippen LogP contribution in [-0.4, -0.2) is 5.11 Å². The van der Waals surface area contributed by atoms with E-state index in [1.807, 2.05) is 18.2 Å². The van der Waals surface area contributed by atoms with Crippen molar-refractivity contribution in [1.29, 1.82) is 0 Å². The Kier molecular flexibility index (Phi) is 4.11. The first kappa shape index (κ1) is 10.9. The van der Waals surface area contributed by atoms with Gasteiger partial charge in [0.25, 0.3) is 0 Å². The van der Waals surface area contributed by atoms with Gasteiger partial charge in [0.05, 0.1) is 0 Å². The zero-order valence-corrected chi connectivity index (χ0v) is 10.5. The van der Waals surface area contributed by atoms with Gasteiger partial charge in [-0.3, -0.25) is 0 Å². The maximum atomic E-state index is 5.11. The first-order chi connectivity index (χ1) is 6.13. The van der Waals surface area contributed by atoms with Crippen LogP contribution in [-0.2, 0) is 0 Å². The molecule has 0 heterocycles. The quantitative estimate of drug-likeness (QED) is 0.422. The van der Waals surface area contributed by atoms with Gasteiger partial charge in [-0.15, -0.1) is 0 Å². The molecule has 0 unspecified atom stereocenters. The number of thiocarbonyl (C=S) groups is 1. The van der Waals surface area contributed by atoms with Gasteiger partial charge in [-0.2, -0.15) is 0 Å². The molecule has 0 fully saturated rings. The molecule has 0 amide bonds. The van der Waals surface area contributed by atoms with Crippen molar-refractivity contribution < 1.29 is 0 Å². The molecule has 0 saturated carbocycles. The van der Waals surface area contributed by atoms with Crippen LogP contribution in [0.15, 0.2) is 27.1 Å². The van der Waals surface area contributed by atoms with Crippen LogP contribution in [0.25, 0.3) is 0 Å². The number of rotatable bonds is 1. The summed E-state index contributed by atoms with van der Waals surface area (Å²) in [6.45, 7) is 0. The van der Waals surface area contributed by atoms with Crippen LogP contribution in [0.5, 0.6) is 0 Å². The highest BCUT2D eigenvalue weighted by molar-refractivity contribution is 9.13. The Morgan fingerprint density at radius 1 is 1.31 bits per heavy atom. The molecule has 0 radical (unpaired) electrons. The standard InChI is InChI=1S/C7H7Br2N3S/c8-5-2-1-4(3-6(5)9)11-7(13)12-10/h1-3H,10H2,(H2,11,12,13). The van der Waals surface area contributed by atoms with E-state index in [4.69, 9.17) is 18.1 Å². The molecule has 0 saturated heterocycles. The first-order valence-corrected chi connectivity index (χ1v) is 5.35. The van der Waals surface area contributed by atoms with Gasteiger partial charge in [0.1, 0.15) is 0 Å². The molecule has 13 heavy (non-hydrogen) atoms. The van der Waals surface area contributed by atoms with E-state index in [9.17, 15) is 0 Å². The minimum atomic E-state index is 0.384. The lowest BCUT2D eigenvalue weighted by Gasteiger charge is -2.07. The fourth-order valence-electron chi connectivity index (χ4n) is 0.741. The van der Waals surface area contributed by atoms with Crippen molar-refractivity contribution >= 4 is 54.9 Å². The van der Waals surface area contributed by atoms with Gasteiger partial charge >= 0.3 is 0 Å². The fourth-order valence-corrected chi connectivity index (χ4v) is 1.48. The molecule has 6 heteroatoms. The van der Waals surface area contributed by atoms with Crippen molar-refractivity contribution in [3.63, 3.8) is 0 Å². The molecular weight excluding hydrogens is 318 g/mol. The maximum absolute atomic E-state index is 5.11. The third-order valence-corrected chi connectivity index (χ3v) is 3.41. The minimum Gasteiger partial charge on any atom is -0.332 e. The second-order valence-corrected chi connectivity index (χ2v) is 4.34. The molecule has 0 bridgehead atoms. The molecule has 0 aromatic heterocycles. The van der Waals surface area contributed by atoms with Gasteiger partial charge < -0.3 is 10.7 Å². The molecule has 70 valence electrons. The zero-order valence-electron chi connectivity index (χ0n) is 6.47. The highest BCUT2D eigenvalue weighted by atomic mass is 79.9. The number of nitrogens with two attached hydrogens (primary N) is 1. The molecule has 0 atom stereocenters. The van der Waals surface area contributed by atoms with E-state index in [0.717, 1.165) is 14.6 Å². The van der Waals surface area contributed by atoms with E-state index in [1.165, 1.54) is 0 Å². The highest BCUT2D eigenvalue weighted by Crippen LogP contribution is 2.25. The Bertz CT molecular complexity index is 330. The molecule has 0 spiro atoms. The summed E-state index contributed by atoms with van der Waals surface area (Å²) in [6, 6.07) is 5.69. The van der Waals surface area contributed by atoms with Crippen molar-refractivity contribution in [3.8, 4) is 0 Å². The van der Waals surface area contributed by atoms with E-state index in [2.05, 4.69) is 42.6 Å². The van der Waals surface area contributed by atoms with Gasteiger partial charge in [0.2, 0.25) is 0 Å². The number of nitrogens with one attached hydrogen (secondary N) is 2. The van der Waals surface area contributed by atoms with Crippen molar-refractivity contribution in [2.45, 2.75) is 0 Å². The summed E-state index contributed by atoms with van der Waals surface area (Å²) in [5.41, 5.74) is 3.21. The predicted octanol–water partition coefficient (Wildman–Crippen LogP) is 2.37. The Balaban J connectivity index is 2.79. The van der Waals surface area contributed by atoms with Crippen molar-refractivity contribution in [2.75, 3.05) is 5.32 Å². The average molecular weight is 325 g/mol. The van der Waals surface area contributed by atoms with E-state index in [-0.39, 0.29) is 0 Å². The minimum absolute atomic E-state index is 0.384. The number of hydrogen-bond donors (Lipinski definition) is 3. The van der Waals surface area contributed by atoms with Crippen LogP contribution in [0.3, 0.4) is 0 Å². The zero-order chi connectivity index (χ0) is 9.84. The largest absolute Gasteiger partial charge is 0.332 e. The Morgan fingerprint density at radius 2 is 2.00 bits per heavy atom. The average Bonchev–Trinajstić information content (AvgIpc) is 2.11. The van der Waals surface area contributed by atoms with Crippen LogP contribution >= 0.6 is 44.1 Å². The summed E-state index contributed by atoms with van der Waals surface area (Å²) in [5, 5.41) is 3.29. The lowest BCUT2D eigenvalue weighted by atomic mass is 10.3. The van der Waals surface area contributed by atoms with Gasteiger partial charge in [0, 0.05) is 14.6 Å². The Hall–Kier alpha value is -0.170. The third-order valence-electron chi connectivity index (χ3n) is 1.31. The summed E-state index contributed by atoms with van der Waals surface area (Å²) in [7, 11) is 0. The number of benzene rings is 1. The summed E-state index contributed by atoms with van der Waals surface area (Å²) >= 11 is 11.6. The van der Waals surface area contributed by atoms with Gasteiger partial charge in [-0.25, -0.2) is 5.84 Å². The maximum Gasteiger partial charge on any atom is 0.185 e. The number of hydrazine groups is 1. The second-order valence-electron chi connectivity index (χ2n) is 2.23. The number of anilines is 1. The van der Waals surface area contributed by atoms with Gasteiger partial charge in [-0.05, 0) is 62.3 Å². The molecule has 1 rings (SSSR count). The van der Waals surface area contributed by atoms with Crippen LogP contribution in [0.4, 0.5) is 5.69 Å². The van der Waals surface area contributed by atoms with Crippen molar-refractivity contribution in [3.05, 3.63) is 27.1 Å². The van der Waals surface area contributed by atoms with E-state index in [0.29, 0.717) is 5.11 Å². The predicted molar refractivity (Wildman–Crippen MR) is 65.4 cm³/mol. The fraction of sp³-hybridized carbons (Fsp3) is 0. The van der Waals surface area contributed by atoms with Crippen LogP contribution in [0, 0.1) is 0 Å². The molecule has 0 aliphatic rings.